The van der Waals surface area contributed by atoms with Gasteiger partial charge in [0.15, 0.2) is 23.9 Å². The molecule has 0 bridgehead atoms. The fourth-order valence-corrected chi connectivity index (χ4v) is 3.97. The summed E-state index contributed by atoms with van der Waals surface area (Å²) in [6.45, 7) is 7.97. The Morgan fingerprint density at radius 2 is 1.84 bits per heavy atom. The Hall–Kier alpha value is -2.68. The number of halogens is 1. The summed E-state index contributed by atoms with van der Waals surface area (Å²) in [4.78, 5) is 15.9. The summed E-state index contributed by atoms with van der Waals surface area (Å²) in [5.74, 6) is -0.196. The van der Waals surface area contributed by atoms with E-state index in [4.69, 9.17) is 9.47 Å². The molecule has 2 aromatic carbocycles. The number of aliphatic hydroxyl groups is 1. The number of hydrogen-bond donors (Lipinski definition) is 3. The number of hydrogen-bond acceptors (Lipinski definition) is 5. The van der Waals surface area contributed by atoms with Crippen molar-refractivity contribution in [2.45, 2.75) is 20.0 Å². The first-order valence-electron chi connectivity index (χ1n) is 10.9. The molecule has 0 saturated carbocycles. The number of nitrogens with one attached hydrogen (secondary N) is 2. The smallest absolute Gasteiger partial charge is 0.279 e. The average Bonchev–Trinajstić information content (AvgIpc) is 2.76. The van der Waals surface area contributed by atoms with Gasteiger partial charge in [-0.15, -0.1) is 0 Å². The molecule has 0 unspecified atom stereocenters. The lowest BCUT2D eigenvalue weighted by atomic mass is 10.1. The van der Waals surface area contributed by atoms with Crippen LogP contribution in [0, 0.1) is 19.7 Å². The van der Waals surface area contributed by atoms with Gasteiger partial charge in [-0.1, -0.05) is 24.3 Å². The van der Waals surface area contributed by atoms with Crippen molar-refractivity contribution >= 4 is 11.6 Å². The Labute approximate surface area is 188 Å². The van der Waals surface area contributed by atoms with Crippen LogP contribution >= 0.6 is 0 Å². The molecule has 1 atom stereocenters. The van der Waals surface area contributed by atoms with Gasteiger partial charge in [0, 0.05) is 25.3 Å². The van der Waals surface area contributed by atoms with Crippen LogP contribution in [0.2, 0.25) is 0 Å². The largest absolute Gasteiger partial charge is 0.493 e. The van der Waals surface area contributed by atoms with Crippen LogP contribution in [-0.2, 0) is 4.79 Å². The highest BCUT2D eigenvalue weighted by atomic mass is 19.1. The lowest BCUT2D eigenvalue weighted by Gasteiger charge is -2.33. The number of carbonyl (C=O) groups is 1. The van der Waals surface area contributed by atoms with Crippen molar-refractivity contribution in [3.63, 3.8) is 0 Å². The van der Waals surface area contributed by atoms with Crippen molar-refractivity contribution in [2.24, 2.45) is 0 Å². The van der Waals surface area contributed by atoms with Crippen LogP contribution in [0.3, 0.4) is 0 Å². The molecule has 2 aromatic rings. The minimum absolute atomic E-state index is 0.0121. The van der Waals surface area contributed by atoms with Crippen molar-refractivity contribution in [3.8, 4) is 11.5 Å². The molecule has 1 heterocycles. The number of rotatable bonds is 9. The fraction of sp³-hybridized carbons (Fsp3) is 0.458. The molecule has 174 valence electrons. The number of amides is 1. The summed E-state index contributed by atoms with van der Waals surface area (Å²) < 4.78 is 24.5. The average molecular weight is 447 g/mol. The Bertz CT molecular complexity index is 896. The third kappa shape index (κ3) is 6.41. The lowest BCUT2D eigenvalue weighted by molar-refractivity contribution is -0.896. The van der Waals surface area contributed by atoms with Crippen molar-refractivity contribution in [3.05, 3.63) is 53.3 Å². The summed E-state index contributed by atoms with van der Waals surface area (Å²) in [6, 6.07) is 10.4. The third-order valence-corrected chi connectivity index (χ3v) is 5.76. The highest BCUT2D eigenvalue weighted by molar-refractivity contribution is 5.93. The quantitative estimate of drug-likeness (QED) is 0.537. The van der Waals surface area contributed by atoms with Gasteiger partial charge in [-0.3, -0.25) is 9.69 Å². The number of ether oxygens (including phenoxy) is 2. The molecule has 3 rings (SSSR count). The molecule has 8 heteroatoms. The van der Waals surface area contributed by atoms with Crippen molar-refractivity contribution in [2.75, 3.05) is 58.3 Å². The van der Waals surface area contributed by atoms with Crippen LogP contribution < -0.4 is 19.7 Å². The molecular weight excluding hydrogens is 413 g/mol. The van der Waals surface area contributed by atoms with Crippen LogP contribution in [-0.4, -0.2) is 75.0 Å². The predicted octanol–water partition coefficient (Wildman–Crippen LogP) is 1.03. The molecule has 1 aliphatic rings. The summed E-state index contributed by atoms with van der Waals surface area (Å²) in [6.07, 6.45) is -0.756. The number of benzene rings is 2. The molecule has 1 fully saturated rings. The van der Waals surface area contributed by atoms with E-state index in [0.29, 0.717) is 18.8 Å². The summed E-state index contributed by atoms with van der Waals surface area (Å²) >= 11 is 0. The molecule has 1 saturated heterocycles. The van der Waals surface area contributed by atoms with E-state index in [1.54, 1.807) is 12.1 Å². The number of para-hydroxylation sites is 2. The molecule has 0 aliphatic carbocycles. The molecule has 1 amide bonds. The van der Waals surface area contributed by atoms with E-state index in [2.05, 4.69) is 10.2 Å². The molecule has 0 radical (unpaired) electrons. The zero-order valence-electron chi connectivity index (χ0n) is 19.0. The van der Waals surface area contributed by atoms with Crippen LogP contribution in [0.4, 0.5) is 10.1 Å². The van der Waals surface area contributed by atoms with Gasteiger partial charge in [-0.25, -0.2) is 4.39 Å². The van der Waals surface area contributed by atoms with Gasteiger partial charge >= 0.3 is 0 Å². The highest BCUT2D eigenvalue weighted by Gasteiger charge is 2.24. The molecule has 32 heavy (non-hydrogen) atoms. The number of carbonyl (C=O) groups excluding carboxylic acids is 1. The Balaban J connectivity index is 1.40. The molecule has 3 N–H and O–H groups in total. The van der Waals surface area contributed by atoms with Gasteiger partial charge in [0.1, 0.15) is 12.7 Å². The molecule has 1 aliphatic heterocycles. The number of nitrogens with zero attached hydrogens (tertiary/aromatic N) is 1. The number of methoxy groups -OCH3 is 1. The van der Waals surface area contributed by atoms with E-state index in [-0.39, 0.29) is 18.3 Å². The van der Waals surface area contributed by atoms with Crippen molar-refractivity contribution in [1.82, 2.24) is 4.90 Å². The fourth-order valence-electron chi connectivity index (χ4n) is 3.97. The number of quaternary nitrogens is 1. The van der Waals surface area contributed by atoms with E-state index in [1.807, 2.05) is 32.0 Å². The van der Waals surface area contributed by atoms with Crippen molar-refractivity contribution in [1.29, 1.82) is 0 Å². The molecule has 7 nitrogen and oxygen atoms in total. The summed E-state index contributed by atoms with van der Waals surface area (Å²) in [7, 11) is 1.45. The van der Waals surface area contributed by atoms with E-state index < -0.39 is 11.9 Å². The monoisotopic (exact) mass is 446 g/mol. The standard InChI is InChI=1S/C24H32FN3O4/c1-17-6-4-7-18(2)23(17)26-22(30)15-28-12-10-27(11-13-28)14-19(29)16-32-24-20(25)8-5-9-21(24)31-3/h4-9,19,29H,10-16H2,1-3H3,(H,26,30)/p+1/t19-/m1/s1. The Morgan fingerprint density at radius 1 is 1.19 bits per heavy atom. The van der Waals surface area contributed by atoms with Crippen molar-refractivity contribution < 1.29 is 28.7 Å². The topological polar surface area (TPSA) is 75.5 Å². The van der Waals surface area contributed by atoms with E-state index >= 15 is 0 Å². The Kier molecular flexibility index (Phi) is 8.44. The van der Waals surface area contributed by atoms with Gasteiger partial charge in [-0.2, -0.15) is 0 Å². The van der Waals surface area contributed by atoms with Crippen LogP contribution in [0.15, 0.2) is 36.4 Å². The first-order chi connectivity index (χ1) is 15.4. The first-order valence-corrected chi connectivity index (χ1v) is 10.9. The lowest BCUT2D eigenvalue weighted by Crippen LogP contribution is -3.15. The maximum Gasteiger partial charge on any atom is 0.279 e. The first kappa shape index (κ1) is 24.0. The summed E-state index contributed by atoms with van der Waals surface area (Å²) in [5.41, 5.74) is 3.01. The zero-order valence-corrected chi connectivity index (χ0v) is 19.0. The second kappa shape index (κ2) is 11.3. The molecule has 0 spiro atoms. The van der Waals surface area contributed by atoms with Crippen LogP contribution in [0.5, 0.6) is 11.5 Å². The van der Waals surface area contributed by atoms with Gasteiger partial charge < -0.3 is 24.8 Å². The number of anilines is 1. The number of piperazine rings is 1. The number of aryl methyl sites for hydroxylation is 2. The highest BCUT2D eigenvalue weighted by Crippen LogP contribution is 2.29. The maximum atomic E-state index is 13.9. The SMILES string of the molecule is COc1cccc(F)c1OC[C@H](O)CN1CC[NH+](CC(=O)Nc2c(C)cccc2C)CC1. The number of aliphatic hydroxyl groups excluding tert-OH is 1. The van der Waals surface area contributed by atoms with E-state index in [1.165, 1.54) is 18.1 Å². The minimum Gasteiger partial charge on any atom is -0.493 e. The predicted molar refractivity (Wildman–Crippen MR) is 121 cm³/mol. The zero-order chi connectivity index (χ0) is 23.1. The normalized spacial score (nSPS) is 15.9. The second-order valence-electron chi connectivity index (χ2n) is 8.28. The Morgan fingerprint density at radius 3 is 2.50 bits per heavy atom. The number of β-amino-alcohol motifs (C(OH)–C–C–N with tert-alkyl or cyclic N) is 1. The van der Waals surface area contributed by atoms with Crippen LogP contribution in [0.1, 0.15) is 11.1 Å². The minimum atomic E-state index is -0.756. The van der Waals surface area contributed by atoms with Gasteiger partial charge in [0.2, 0.25) is 0 Å². The van der Waals surface area contributed by atoms with Gasteiger partial charge in [-0.05, 0) is 37.1 Å². The molecule has 0 aromatic heterocycles. The summed E-state index contributed by atoms with van der Waals surface area (Å²) in [5, 5.41) is 13.4. The van der Waals surface area contributed by atoms with E-state index in [9.17, 15) is 14.3 Å². The van der Waals surface area contributed by atoms with Gasteiger partial charge in [0.25, 0.3) is 5.91 Å². The van der Waals surface area contributed by atoms with Crippen LogP contribution in [0.25, 0.3) is 0 Å². The maximum absolute atomic E-state index is 13.9. The van der Waals surface area contributed by atoms with Gasteiger partial charge in [0.05, 0.1) is 20.2 Å². The van der Waals surface area contributed by atoms with E-state index in [0.717, 1.165) is 43.0 Å². The second-order valence-corrected chi connectivity index (χ2v) is 8.28. The molecular formula is C24H33FN3O4+. The third-order valence-electron chi connectivity index (χ3n) is 5.76.